The average Bonchev–Trinajstić information content (AvgIpc) is 3.24. The van der Waals surface area contributed by atoms with E-state index in [1.807, 2.05) is 0 Å². The number of para-hydroxylation sites is 4. The Hall–Kier alpha value is -6.83. The maximum absolute atomic E-state index is 10.9. The molecule has 0 saturated carbocycles. The van der Waals surface area contributed by atoms with Crippen molar-refractivity contribution < 1.29 is 0 Å². The first-order valence-electron chi connectivity index (χ1n) is 18.7. The second-order valence-corrected chi connectivity index (χ2v) is 18.8. The van der Waals surface area contributed by atoms with E-state index in [9.17, 15) is 10.5 Å². The Morgan fingerprint density at radius 1 is 0.500 bits per heavy atom. The molecule has 0 N–H and O–H groups in total. The minimum absolute atomic E-state index is 0.182. The van der Waals surface area contributed by atoms with Crippen LogP contribution < -0.4 is 20.4 Å². The van der Waals surface area contributed by atoms with Crippen molar-refractivity contribution in [1.29, 1.82) is 10.5 Å². The molecule has 268 valence electrons. The fourth-order valence-electron chi connectivity index (χ4n) is 9.16. The quantitative estimate of drug-likeness (QED) is 0.133. The fourth-order valence-corrected chi connectivity index (χ4v) is 12.9. The Morgan fingerprint density at radius 2 is 0.857 bits per heavy atom. The maximum Gasteiger partial charge on any atom is 0.196 e. The van der Waals surface area contributed by atoms with Crippen LogP contribution in [0.2, 0.25) is 0 Å². The van der Waals surface area contributed by atoms with Crippen LogP contribution in [0.15, 0.2) is 169 Å². The second kappa shape index (κ2) is 12.9. The van der Waals surface area contributed by atoms with Crippen molar-refractivity contribution in [2.24, 2.45) is 0 Å². The van der Waals surface area contributed by atoms with Crippen LogP contribution in [0.25, 0.3) is 4.85 Å². The third kappa shape index (κ3) is 4.91. The molecule has 0 unspecified atom stereocenters. The lowest BCUT2D eigenvalue weighted by atomic mass is 9.73. The van der Waals surface area contributed by atoms with Gasteiger partial charge in [0, 0.05) is 34.7 Å². The molecule has 0 bridgehead atoms. The van der Waals surface area contributed by atoms with E-state index in [1.54, 1.807) is 12.2 Å². The minimum atomic E-state index is -2.99. The van der Waals surface area contributed by atoms with Gasteiger partial charge in [-0.05, 0) is 93.5 Å². The van der Waals surface area contributed by atoms with Gasteiger partial charge in [-0.25, -0.2) is 4.85 Å². The monoisotopic (exact) mass is 739 g/mol. The zero-order valence-electron chi connectivity index (χ0n) is 31.7. The number of fused-ring (bicyclic) bond motifs is 4. The van der Waals surface area contributed by atoms with E-state index < -0.39 is 6.89 Å². The molecule has 5 nitrogen and oxygen atoms in total. The number of benzene rings is 6. The molecule has 56 heavy (non-hydrogen) atoms. The van der Waals surface area contributed by atoms with Crippen molar-refractivity contribution >= 4 is 57.0 Å². The van der Waals surface area contributed by atoms with Gasteiger partial charge in [0.2, 0.25) is 0 Å². The standard InChI is InChI=1S/C50H38N5P/c1-49(2)40-14-6-10-18-44(40)54(45-19-11-7-15-41(45)49)35-22-26-37(27-23-35)56(39(33-52)30-34(32-51)31-48(56)53-5)38-28-24-36(25-29-38)55-46-20-12-8-16-42(46)50(3,4)43-17-9-13-21-47(43)55/h6-31H,1-4H3. The summed E-state index contributed by atoms with van der Waals surface area (Å²) in [7, 11) is 0. The molecule has 0 amide bonds. The van der Waals surface area contributed by atoms with Crippen LogP contribution >= 0.6 is 6.89 Å². The number of nitrogens with zero attached hydrogens (tertiary/aromatic N) is 5. The number of hydrogen-bond donors (Lipinski definition) is 0. The van der Waals surface area contributed by atoms with Crippen LogP contribution in [0.4, 0.5) is 34.1 Å². The molecule has 3 heterocycles. The Bertz CT molecular complexity index is 2600. The summed E-state index contributed by atoms with van der Waals surface area (Å²) in [6, 6.07) is 55.7. The average molecular weight is 740 g/mol. The number of rotatable bonds is 4. The van der Waals surface area contributed by atoms with E-state index in [4.69, 9.17) is 6.57 Å². The Morgan fingerprint density at radius 3 is 1.18 bits per heavy atom. The van der Waals surface area contributed by atoms with E-state index in [1.165, 1.54) is 22.3 Å². The van der Waals surface area contributed by atoms with Gasteiger partial charge in [0.15, 0.2) is 5.42 Å². The van der Waals surface area contributed by atoms with Crippen molar-refractivity contribution in [1.82, 2.24) is 0 Å². The Labute approximate surface area is 329 Å². The van der Waals surface area contributed by atoms with E-state index in [2.05, 4.69) is 200 Å². The van der Waals surface area contributed by atoms with Gasteiger partial charge in [0.25, 0.3) is 0 Å². The van der Waals surface area contributed by atoms with Crippen molar-refractivity contribution in [3.8, 4) is 12.1 Å². The maximum atomic E-state index is 10.9. The predicted molar refractivity (Wildman–Crippen MR) is 232 cm³/mol. The highest BCUT2D eigenvalue weighted by Crippen LogP contribution is 2.59. The van der Waals surface area contributed by atoms with Gasteiger partial charge in [0.05, 0.1) is 46.8 Å². The van der Waals surface area contributed by atoms with Crippen molar-refractivity contribution in [3.05, 3.63) is 202 Å². The highest BCUT2D eigenvalue weighted by atomic mass is 31.2. The lowest BCUT2D eigenvalue weighted by Gasteiger charge is -2.42. The first kappa shape index (κ1) is 34.9. The zero-order valence-corrected chi connectivity index (χ0v) is 32.6. The van der Waals surface area contributed by atoms with E-state index in [-0.39, 0.29) is 10.8 Å². The van der Waals surface area contributed by atoms with Gasteiger partial charge in [0.1, 0.15) is 0 Å². The summed E-state index contributed by atoms with van der Waals surface area (Å²) >= 11 is 0. The van der Waals surface area contributed by atoms with E-state index in [0.717, 1.165) is 44.7 Å². The number of nitriles is 2. The summed E-state index contributed by atoms with van der Waals surface area (Å²) in [6.07, 6.45) is 3.37. The van der Waals surface area contributed by atoms with E-state index in [0.29, 0.717) is 16.3 Å². The summed E-state index contributed by atoms with van der Waals surface area (Å²) in [5.74, 6) is 0. The molecule has 6 aromatic rings. The van der Waals surface area contributed by atoms with Crippen molar-refractivity contribution in [2.75, 3.05) is 9.80 Å². The molecule has 6 heteroatoms. The molecular formula is C50H38N5P. The SMILES string of the molecule is [C-]#[N+]C1=P(c2ccc(N3c4ccccc4C(C)(C)c4ccccc43)cc2)(c2ccc(N3c4ccccc4C(C)(C)c4ccccc43)cc2)C(C#N)=CC(C#N)=C1. The molecule has 0 spiro atoms. The normalized spacial score (nSPS) is 16.7. The van der Waals surface area contributed by atoms with Crippen LogP contribution in [0.5, 0.6) is 0 Å². The van der Waals surface area contributed by atoms with Gasteiger partial charge in [-0.1, -0.05) is 125 Å². The molecule has 3 aliphatic heterocycles. The largest absolute Gasteiger partial charge is 0.310 e. The summed E-state index contributed by atoms with van der Waals surface area (Å²) in [4.78, 5) is 8.72. The molecule has 0 fully saturated rings. The van der Waals surface area contributed by atoms with Gasteiger partial charge < -0.3 is 9.80 Å². The van der Waals surface area contributed by atoms with Gasteiger partial charge >= 0.3 is 0 Å². The van der Waals surface area contributed by atoms with Crippen molar-refractivity contribution in [2.45, 2.75) is 38.5 Å². The van der Waals surface area contributed by atoms with Gasteiger partial charge in [-0.3, -0.25) is 0 Å². The lowest BCUT2D eigenvalue weighted by molar-refractivity contribution is 0.632. The number of allylic oxidation sites excluding steroid dienone is 3. The molecular weight excluding hydrogens is 702 g/mol. The van der Waals surface area contributed by atoms with Crippen LogP contribution in [0.3, 0.4) is 0 Å². The van der Waals surface area contributed by atoms with Gasteiger partial charge in [-0.15, -0.1) is 0 Å². The lowest BCUT2D eigenvalue weighted by Crippen LogP contribution is -2.31. The molecule has 0 radical (unpaired) electrons. The number of hydrogen-bond acceptors (Lipinski definition) is 4. The molecule has 0 aromatic heterocycles. The second-order valence-electron chi connectivity index (χ2n) is 15.5. The summed E-state index contributed by atoms with van der Waals surface area (Å²) < 4.78 is 0. The molecule has 0 aliphatic carbocycles. The Balaban J connectivity index is 1.22. The first-order valence-corrected chi connectivity index (χ1v) is 20.5. The fraction of sp³-hybridized carbons (Fsp3) is 0.120. The third-order valence-electron chi connectivity index (χ3n) is 11.9. The van der Waals surface area contributed by atoms with E-state index >= 15 is 0 Å². The molecule has 9 rings (SSSR count). The molecule has 3 aliphatic rings. The molecule has 6 aromatic carbocycles. The smallest absolute Gasteiger partial charge is 0.196 e. The zero-order chi connectivity index (χ0) is 38.8. The molecule has 0 saturated heterocycles. The third-order valence-corrected chi connectivity index (χ3v) is 15.9. The Kier molecular flexibility index (Phi) is 8.04. The highest BCUT2D eigenvalue weighted by Gasteiger charge is 2.39. The van der Waals surface area contributed by atoms with Crippen LogP contribution in [-0.4, -0.2) is 5.42 Å². The minimum Gasteiger partial charge on any atom is -0.310 e. The van der Waals surface area contributed by atoms with Crippen LogP contribution in [-0.2, 0) is 10.8 Å². The molecule has 0 atom stereocenters. The summed E-state index contributed by atoms with van der Waals surface area (Å²) in [5.41, 5.74) is 11.8. The number of anilines is 6. The summed E-state index contributed by atoms with van der Waals surface area (Å²) in [6.45, 7) is 14.6. The summed E-state index contributed by atoms with van der Waals surface area (Å²) in [5, 5.41) is 23.1. The van der Waals surface area contributed by atoms with Gasteiger partial charge in [-0.2, -0.15) is 10.5 Å². The van der Waals surface area contributed by atoms with Crippen molar-refractivity contribution in [3.63, 3.8) is 0 Å². The first-order chi connectivity index (χ1) is 27.2. The van der Waals surface area contributed by atoms with Crippen LogP contribution in [0, 0.1) is 29.2 Å². The van der Waals surface area contributed by atoms with Crippen LogP contribution in [0.1, 0.15) is 49.9 Å². The topological polar surface area (TPSA) is 58.4 Å². The predicted octanol–water partition coefficient (Wildman–Crippen LogP) is 11.8. The highest BCUT2D eigenvalue weighted by molar-refractivity contribution is 7.93.